The van der Waals surface area contributed by atoms with E-state index in [2.05, 4.69) is 25.5 Å². The Hall–Kier alpha value is -3.37. The molecule has 1 aliphatic rings. The number of H-pyrrole nitrogens is 1. The minimum atomic E-state index is -0.289. The van der Waals surface area contributed by atoms with Gasteiger partial charge in [-0.05, 0) is 38.8 Å². The van der Waals surface area contributed by atoms with Crippen molar-refractivity contribution in [1.82, 2.24) is 29.9 Å². The molecular formula is C22H23N7O2S. The molecule has 4 aromatic heterocycles. The Morgan fingerprint density at radius 1 is 1.34 bits per heavy atom. The maximum atomic E-state index is 12.9. The molecule has 164 valence electrons. The lowest BCUT2D eigenvalue weighted by Gasteiger charge is -2.36. The number of thiazole rings is 1. The quantitative estimate of drug-likeness (QED) is 0.438. The predicted molar refractivity (Wildman–Crippen MR) is 121 cm³/mol. The van der Waals surface area contributed by atoms with Crippen molar-refractivity contribution >= 4 is 22.9 Å². The van der Waals surface area contributed by atoms with E-state index in [4.69, 9.17) is 9.84 Å². The van der Waals surface area contributed by atoms with Gasteiger partial charge in [0.25, 0.3) is 5.91 Å². The van der Waals surface area contributed by atoms with Crippen molar-refractivity contribution in [2.75, 3.05) is 5.32 Å². The average molecular weight is 450 g/mol. The molecule has 0 saturated heterocycles. The van der Waals surface area contributed by atoms with Gasteiger partial charge in [-0.15, -0.1) is 11.3 Å². The van der Waals surface area contributed by atoms with E-state index in [1.165, 1.54) is 11.3 Å². The topological polar surface area (TPSA) is 111 Å². The first-order valence-electron chi connectivity index (χ1n) is 10.5. The number of carbonyl (C=O) groups excluding carboxylic acids is 1. The van der Waals surface area contributed by atoms with Crippen LogP contribution >= 0.6 is 11.3 Å². The predicted octanol–water partition coefficient (Wildman–Crippen LogP) is 4.17. The molecule has 1 amide bonds. The fourth-order valence-electron chi connectivity index (χ4n) is 3.68. The number of hydrogen-bond donors (Lipinski definition) is 2. The van der Waals surface area contributed by atoms with Gasteiger partial charge >= 0.3 is 0 Å². The molecule has 0 aromatic carbocycles. The fraction of sp³-hybridized carbons (Fsp3) is 0.318. The van der Waals surface area contributed by atoms with Crippen molar-refractivity contribution in [1.29, 1.82) is 0 Å². The Bertz CT molecular complexity index is 1190. The summed E-state index contributed by atoms with van der Waals surface area (Å²) in [6.07, 6.45) is 9.27. The van der Waals surface area contributed by atoms with Gasteiger partial charge in [-0.3, -0.25) is 19.6 Å². The summed E-state index contributed by atoms with van der Waals surface area (Å²) in [6.45, 7) is 4.09. The second-order valence-electron chi connectivity index (χ2n) is 8.00. The maximum absolute atomic E-state index is 12.9. The number of carbonyl (C=O) groups is 1. The Morgan fingerprint density at radius 3 is 2.94 bits per heavy atom. The molecule has 0 bridgehead atoms. The second kappa shape index (κ2) is 8.64. The fourth-order valence-corrected chi connectivity index (χ4v) is 4.46. The molecule has 1 saturated carbocycles. The van der Waals surface area contributed by atoms with Crippen LogP contribution in [0.2, 0.25) is 0 Å². The molecule has 5 rings (SSSR count). The van der Waals surface area contributed by atoms with Gasteiger partial charge in [0.05, 0.1) is 35.8 Å². The third-order valence-corrected chi connectivity index (χ3v) is 6.17. The van der Waals surface area contributed by atoms with E-state index in [1.54, 1.807) is 24.0 Å². The highest BCUT2D eigenvalue weighted by Crippen LogP contribution is 2.37. The Morgan fingerprint density at radius 2 is 2.22 bits per heavy atom. The molecule has 4 aromatic rings. The Kier molecular flexibility index (Phi) is 5.54. The number of ether oxygens (including phenoxy) is 1. The molecule has 10 heteroatoms. The number of aromatic amines is 1. The summed E-state index contributed by atoms with van der Waals surface area (Å²) >= 11 is 1.40. The standard InChI is InChI=1S/C22H23N7O2S/c1-13(2)31-16-7-15(8-16)29-11-18(20(28-29)17-5-3-4-6-23-17)26-21(30)19-12-32-22(27-19)14-9-24-25-10-14/h3-6,9-13,15-16H,7-8H2,1-2H3,(H,24,25)(H,26,30)/t15-,16-. The summed E-state index contributed by atoms with van der Waals surface area (Å²) in [5.41, 5.74) is 3.14. The van der Waals surface area contributed by atoms with Crippen LogP contribution in [0, 0.1) is 0 Å². The van der Waals surface area contributed by atoms with E-state index in [0.717, 1.165) is 23.4 Å². The number of amides is 1. The average Bonchev–Trinajstić information content (AvgIpc) is 3.51. The number of hydrogen-bond acceptors (Lipinski definition) is 7. The molecule has 2 N–H and O–H groups in total. The Balaban J connectivity index is 1.38. The maximum Gasteiger partial charge on any atom is 0.275 e. The van der Waals surface area contributed by atoms with Gasteiger partial charge < -0.3 is 10.1 Å². The highest BCUT2D eigenvalue weighted by molar-refractivity contribution is 7.13. The van der Waals surface area contributed by atoms with E-state index >= 15 is 0 Å². The normalized spacial score (nSPS) is 18.0. The van der Waals surface area contributed by atoms with Crippen molar-refractivity contribution in [2.45, 2.75) is 44.9 Å². The Labute approximate surface area is 188 Å². The van der Waals surface area contributed by atoms with E-state index in [9.17, 15) is 4.79 Å². The molecule has 0 aliphatic heterocycles. The highest BCUT2D eigenvalue weighted by atomic mass is 32.1. The lowest BCUT2D eigenvalue weighted by Crippen LogP contribution is -2.35. The van der Waals surface area contributed by atoms with Gasteiger partial charge in [-0.2, -0.15) is 10.2 Å². The molecule has 4 heterocycles. The molecule has 32 heavy (non-hydrogen) atoms. The second-order valence-corrected chi connectivity index (χ2v) is 8.86. The van der Waals surface area contributed by atoms with Crippen LogP contribution < -0.4 is 5.32 Å². The van der Waals surface area contributed by atoms with Crippen LogP contribution in [0.3, 0.4) is 0 Å². The third-order valence-electron chi connectivity index (χ3n) is 5.28. The first-order valence-corrected chi connectivity index (χ1v) is 11.4. The van der Waals surface area contributed by atoms with Crippen LogP contribution in [-0.4, -0.2) is 48.1 Å². The van der Waals surface area contributed by atoms with E-state index in [-0.39, 0.29) is 24.2 Å². The van der Waals surface area contributed by atoms with Crippen LogP contribution in [0.15, 0.2) is 48.4 Å². The lowest BCUT2D eigenvalue weighted by molar-refractivity contribution is -0.0599. The van der Waals surface area contributed by atoms with Crippen molar-refractivity contribution in [3.63, 3.8) is 0 Å². The smallest absolute Gasteiger partial charge is 0.275 e. The molecule has 1 fully saturated rings. The third kappa shape index (κ3) is 4.19. The van der Waals surface area contributed by atoms with Gasteiger partial charge in [-0.1, -0.05) is 6.07 Å². The van der Waals surface area contributed by atoms with E-state index < -0.39 is 0 Å². The van der Waals surface area contributed by atoms with Gasteiger partial charge in [0.15, 0.2) is 0 Å². The summed E-state index contributed by atoms with van der Waals surface area (Å²) in [4.78, 5) is 21.8. The molecule has 0 radical (unpaired) electrons. The molecule has 0 spiro atoms. The summed E-state index contributed by atoms with van der Waals surface area (Å²) in [6, 6.07) is 5.87. The van der Waals surface area contributed by atoms with Gasteiger partial charge in [0, 0.05) is 29.5 Å². The number of nitrogens with one attached hydrogen (secondary N) is 2. The number of anilines is 1. The zero-order valence-electron chi connectivity index (χ0n) is 17.7. The van der Waals surface area contributed by atoms with Crippen molar-refractivity contribution < 1.29 is 9.53 Å². The number of pyridine rings is 1. The first kappa shape index (κ1) is 20.5. The summed E-state index contributed by atoms with van der Waals surface area (Å²) in [7, 11) is 0. The zero-order valence-corrected chi connectivity index (χ0v) is 18.5. The molecule has 9 nitrogen and oxygen atoms in total. The summed E-state index contributed by atoms with van der Waals surface area (Å²) in [5, 5.41) is 16.9. The van der Waals surface area contributed by atoms with Crippen LogP contribution in [0.1, 0.15) is 43.2 Å². The van der Waals surface area contributed by atoms with Crippen molar-refractivity contribution in [3.05, 3.63) is 54.1 Å². The number of rotatable bonds is 7. The van der Waals surface area contributed by atoms with Crippen LogP contribution in [0.25, 0.3) is 22.0 Å². The number of nitrogens with zero attached hydrogens (tertiary/aromatic N) is 5. The highest BCUT2D eigenvalue weighted by Gasteiger charge is 2.33. The minimum Gasteiger partial charge on any atom is -0.375 e. The van der Waals surface area contributed by atoms with Crippen LogP contribution in [-0.2, 0) is 4.74 Å². The van der Waals surface area contributed by atoms with E-state index in [0.29, 0.717) is 22.8 Å². The largest absolute Gasteiger partial charge is 0.375 e. The first-order chi connectivity index (χ1) is 15.6. The lowest BCUT2D eigenvalue weighted by atomic mass is 9.89. The van der Waals surface area contributed by atoms with Gasteiger partial charge in [0.1, 0.15) is 16.4 Å². The number of aromatic nitrogens is 6. The molecule has 0 atom stereocenters. The van der Waals surface area contributed by atoms with Crippen LogP contribution in [0.4, 0.5) is 5.69 Å². The van der Waals surface area contributed by atoms with Crippen molar-refractivity contribution in [2.24, 2.45) is 0 Å². The zero-order chi connectivity index (χ0) is 22.1. The van der Waals surface area contributed by atoms with Crippen molar-refractivity contribution in [3.8, 4) is 22.0 Å². The summed E-state index contributed by atoms with van der Waals surface area (Å²) < 4.78 is 7.79. The SMILES string of the molecule is CC(C)O[C@H]1C[C@H](n2cc(NC(=O)c3csc(-c4cn[nH]c4)n3)c(-c3ccccn3)n2)C1. The summed E-state index contributed by atoms with van der Waals surface area (Å²) in [5.74, 6) is -0.289. The van der Waals surface area contributed by atoms with Gasteiger partial charge in [0.2, 0.25) is 0 Å². The van der Waals surface area contributed by atoms with Gasteiger partial charge in [-0.25, -0.2) is 4.98 Å². The molecule has 0 unspecified atom stereocenters. The molecule has 1 aliphatic carbocycles. The van der Waals surface area contributed by atoms with Crippen LogP contribution in [0.5, 0.6) is 0 Å². The van der Waals surface area contributed by atoms with E-state index in [1.807, 2.05) is 42.9 Å². The molecular weight excluding hydrogens is 426 g/mol. The minimum absolute atomic E-state index is 0.211. The monoisotopic (exact) mass is 449 g/mol.